The predicted octanol–water partition coefficient (Wildman–Crippen LogP) is 3.74. The van der Waals surface area contributed by atoms with Crippen molar-refractivity contribution in [2.75, 3.05) is 6.26 Å². The molecule has 0 N–H and O–H groups in total. The molecule has 1 rings (SSSR count). The molecule has 0 saturated carbocycles. The summed E-state index contributed by atoms with van der Waals surface area (Å²) in [6, 6.07) is 7.89. The number of sulfone groups is 1. The zero-order valence-corrected chi connectivity index (χ0v) is 13.0. The van der Waals surface area contributed by atoms with Crippen LogP contribution in [0, 0.1) is 0 Å². The molecular formula is C14H21ClO2S. The van der Waals surface area contributed by atoms with E-state index < -0.39 is 20.0 Å². The zero-order chi connectivity index (χ0) is 14.0. The lowest BCUT2D eigenvalue weighted by Crippen LogP contribution is -2.35. The van der Waals surface area contributed by atoms with Crippen molar-refractivity contribution < 1.29 is 8.42 Å². The first-order valence-electron chi connectivity index (χ1n) is 6.12. The van der Waals surface area contributed by atoms with Crippen molar-refractivity contribution in [2.24, 2.45) is 0 Å². The Morgan fingerprint density at radius 2 is 1.72 bits per heavy atom. The number of halogens is 1. The first-order valence-corrected chi connectivity index (χ1v) is 8.45. The highest BCUT2D eigenvalue weighted by atomic mass is 35.5. The van der Waals surface area contributed by atoms with E-state index in [1.807, 2.05) is 24.3 Å². The standard InChI is InChI=1S/C14H21ClO2S/c1-5-6-11-7-9-12(10-8-11)13(15)14(2,3)18(4,16)17/h7-10,13H,5-6H2,1-4H3. The highest BCUT2D eigenvalue weighted by Gasteiger charge is 2.38. The van der Waals surface area contributed by atoms with Crippen molar-refractivity contribution in [3.63, 3.8) is 0 Å². The molecule has 4 heteroatoms. The Kier molecular flexibility index (Phi) is 4.84. The minimum Gasteiger partial charge on any atom is -0.229 e. The summed E-state index contributed by atoms with van der Waals surface area (Å²) in [5.41, 5.74) is 2.11. The lowest BCUT2D eigenvalue weighted by atomic mass is 9.99. The average molecular weight is 289 g/mol. The number of aryl methyl sites for hydroxylation is 1. The minimum absolute atomic E-state index is 0.539. The molecule has 0 saturated heterocycles. The molecule has 1 aromatic rings. The third kappa shape index (κ3) is 3.27. The smallest absolute Gasteiger partial charge is 0.154 e. The van der Waals surface area contributed by atoms with Gasteiger partial charge in [0.1, 0.15) is 0 Å². The van der Waals surface area contributed by atoms with Gasteiger partial charge in [0.05, 0.1) is 10.1 Å². The molecule has 1 aromatic carbocycles. The van der Waals surface area contributed by atoms with Gasteiger partial charge in [-0.1, -0.05) is 37.6 Å². The summed E-state index contributed by atoms with van der Waals surface area (Å²) < 4.78 is 22.5. The maximum absolute atomic E-state index is 11.8. The molecule has 0 aromatic heterocycles. The van der Waals surface area contributed by atoms with Crippen molar-refractivity contribution in [3.05, 3.63) is 35.4 Å². The number of hydrogen-bond donors (Lipinski definition) is 0. The predicted molar refractivity (Wildman–Crippen MR) is 78.0 cm³/mol. The summed E-state index contributed by atoms with van der Waals surface area (Å²) in [7, 11) is -3.20. The Balaban J connectivity index is 3.01. The molecule has 2 nitrogen and oxygen atoms in total. The monoisotopic (exact) mass is 288 g/mol. The van der Waals surface area contributed by atoms with Crippen LogP contribution in [0.5, 0.6) is 0 Å². The molecule has 1 unspecified atom stereocenters. The van der Waals surface area contributed by atoms with E-state index in [1.54, 1.807) is 13.8 Å². The van der Waals surface area contributed by atoms with Gasteiger partial charge in [-0.25, -0.2) is 8.42 Å². The van der Waals surface area contributed by atoms with Crippen LogP contribution >= 0.6 is 11.6 Å². The van der Waals surface area contributed by atoms with Gasteiger partial charge in [0.2, 0.25) is 0 Å². The van der Waals surface area contributed by atoms with Gasteiger partial charge in [0.15, 0.2) is 9.84 Å². The summed E-state index contributed by atoms with van der Waals surface area (Å²) in [4.78, 5) is 0. The Bertz CT molecular complexity index is 489. The summed E-state index contributed by atoms with van der Waals surface area (Å²) in [6.45, 7) is 5.46. The Labute approximate surface area is 115 Å². The Morgan fingerprint density at radius 3 is 2.11 bits per heavy atom. The number of hydrogen-bond acceptors (Lipinski definition) is 2. The van der Waals surface area contributed by atoms with Crippen molar-refractivity contribution in [3.8, 4) is 0 Å². The molecule has 0 amide bonds. The maximum Gasteiger partial charge on any atom is 0.154 e. The van der Waals surface area contributed by atoms with E-state index in [4.69, 9.17) is 11.6 Å². The third-order valence-electron chi connectivity index (χ3n) is 3.38. The molecule has 102 valence electrons. The molecule has 0 heterocycles. The van der Waals surface area contributed by atoms with E-state index >= 15 is 0 Å². The fourth-order valence-corrected chi connectivity index (χ4v) is 2.87. The highest BCUT2D eigenvalue weighted by Crippen LogP contribution is 2.37. The fraction of sp³-hybridized carbons (Fsp3) is 0.571. The maximum atomic E-state index is 11.8. The van der Waals surface area contributed by atoms with Crippen LogP contribution in [0.4, 0.5) is 0 Å². The summed E-state index contributed by atoms with van der Waals surface area (Å²) in [5.74, 6) is 0. The van der Waals surface area contributed by atoms with E-state index in [-0.39, 0.29) is 0 Å². The van der Waals surface area contributed by atoms with Crippen LogP contribution < -0.4 is 0 Å². The van der Waals surface area contributed by atoms with Gasteiger partial charge in [-0.2, -0.15) is 0 Å². The first-order chi connectivity index (χ1) is 8.20. The van der Waals surface area contributed by atoms with Gasteiger partial charge >= 0.3 is 0 Å². The number of alkyl halides is 1. The third-order valence-corrected chi connectivity index (χ3v) is 6.45. The normalized spacial score (nSPS) is 14.5. The van der Waals surface area contributed by atoms with Crippen LogP contribution in [0.2, 0.25) is 0 Å². The van der Waals surface area contributed by atoms with Crippen LogP contribution in [0.3, 0.4) is 0 Å². The van der Waals surface area contributed by atoms with Gasteiger partial charge in [-0.05, 0) is 31.4 Å². The van der Waals surface area contributed by atoms with Gasteiger partial charge in [-0.3, -0.25) is 0 Å². The van der Waals surface area contributed by atoms with E-state index in [1.165, 1.54) is 11.8 Å². The molecule has 0 aliphatic heterocycles. The SMILES string of the molecule is CCCc1ccc(C(Cl)C(C)(C)S(C)(=O)=O)cc1. The van der Waals surface area contributed by atoms with Crippen molar-refractivity contribution >= 4 is 21.4 Å². The zero-order valence-electron chi connectivity index (χ0n) is 11.4. The van der Waals surface area contributed by atoms with Crippen LogP contribution in [0.1, 0.15) is 43.7 Å². The summed E-state index contributed by atoms with van der Waals surface area (Å²) in [5, 5.41) is -0.539. The minimum atomic E-state index is -3.20. The molecule has 0 spiro atoms. The van der Waals surface area contributed by atoms with Crippen LogP contribution in [0.15, 0.2) is 24.3 Å². The number of benzene rings is 1. The van der Waals surface area contributed by atoms with Crippen LogP contribution in [-0.2, 0) is 16.3 Å². The van der Waals surface area contributed by atoms with Gasteiger partial charge in [0, 0.05) is 6.26 Å². The van der Waals surface area contributed by atoms with Gasteiger partial charge < -0.3 is 0 Å². The average Bonchev–Trinajstić information content (AvgIpc) is 2.28. The second kappa shape index (κ2) is 5.62. The molecule has 0 bridgehead atoms. The topological polar surface area (TPSA) is 34.1 Å². The van der Waals surface area contributed by atoms with E-state index in [2.05, 4.69) is 6.92 Å². The van der Waals surface area contributed by atoms with Crippen LogP contribution in [-0.4, -0.2) is 19.4 Å². The van der Waals surface area contributed by atoms with Crippen molar-refractivity contribution in [1.29, 1.82) is 0 Å². The molecule has 18 heavy (non-hydrogen) atoms. The second-order valence-electron chi connectivity index (χ2n) is 5.23. The largest absolute Gasteiger partial charge is 0.229 e. The van der Waals surface area contributed by atoms with Crippen LogP contribution in [0.25, 0.3) is 0 Å². The molecule has 0 aliphatic rings. The Morgan fingerprint density at radius 1 is 1.22 bits per heavy atom. The Hall–Kier alpha value is -0.540. The molecule has 0 fully saturated rings. The molecule has 0 radical (unpaired) electrons. The molecule has 0 aliphatic carbocycles. The number of rotatable bonds is 5. The highest BCUT2D eigenvalue weighted by molar-refractivity contribution is 7.92. The van der Waals surface area contributed by atoms with Crippen molar-refractivity contribution in [2.45, 2.75) is 43.7 Å². The summed E-state index contributed by atoms with van der Waals surface area (Å²) in [6.07, 6.45) is 3.36. The van der Waals surface area contributed by atoms with Gasteiger partial charge in [-0.15, -0.1) is 11.6 Å². The van der Waals surface area contributed by atoms with Crippen molar-refractivity contribution in [1.82, 2.24) is 0 Å². The fourth-order valence-electron chi connectivity index (χ4n) is 1.73. The van der Waals surface area contributed by atoms with E-state index in [9.17, 15) is 8.42 Å². The van der Waals surface area contributed by atoms with E-state index in [0.29, 0.717) is 0 Å². The first kappa shape index (κ1) is 15.5. The lowest BCUT2D eigenvalue weighted by molar-refractivity contribution is 0.544. The van der Waals surface area contributed by atoms with Gasteiger partial charge in [0.25, 0.3) is 0 Å². The van der Waals surface area contributed by atoms with E-state index in [0.717, 1.165) is 18.4 Å². The summed E-state index contributed by atoms with van der Waals surface area (Å²) >= 11 is 6.33. The molecule has 1 atom stereocenters. The quantitative estimate of drug-likeness (QED) is 0.774. The molecular weight excluding hydrogens is 268 g/mol. The lowest BCUT2D eigenvalue weighted by Gasteiger charge is -2.28. The second-order valence-corrected chi connectivity index (χ2v) is 8.26.